The molecule has 2 N–H and O–H groups in total. The Labute approximate surface area is 245 Å². The second-order valence-electron chi connectivity index (χ2n) is 11.1. The van der Waals surface area contributed by atoms with Crippen LogP contribution in [-0.4, -0.2) is 83.8 Å². The molecule has 2 aliphatic heterocycles. The van der Waals surface area contributed by atoms with E-state index in [4.69, 9.17) is 4.74 Å². The number of nitrogens with one attached hydrogen (secondary N) is 2. The summed E-state index contributed by atoms with van der Waals surface area (Å²) >= 11 is 0. The summed E-state index contributed by atoms with van der Waals surface area (Å²) in [6.45, 7) is 8.29. The number of benzene rings is 1. The van der Waals surface area contributed by atoms with Crippen LogP contribution in [0.3, 0.4) is 0 Å². The zero-order valence-corrected chi connectivity index (χ0v) is 24.2. The van der Waals surface area contributed by atoms with Gasteiger partial charge in [-0.3, -0.25) is 9.59 Å². The van der Waals surface area contributed by atoms with E-state index in [-0.39, 0.29) is 35.2 Å². The molecule has 5 rings (SSSR count). The number of carbonyl (C=O) groups excluding carboxylic acids is 1. The van der Waals surface area contributed by atoms with Gasteiger partial charge in [-0.1, -0.05) is 0 Å². The van der Waals surface area contributed by atoms with Crippen molar-refractivity contribution in [3.8, 4) is 11.1 Å². The molecule has 1 aromatic carbocycles. The zero-order chi connectivity index (χ0) is 31.0. The van der Waals surface area contributed by atoms with Crippen LogP contribution in [0, 0.1) is 11.6 Å². The Hall–Kier alpha value is -4.04. The van der Waals surface area contributed by atoms with Crippen molar-refractivity contribution in [2.45, 2.75) is 45.4 Å². The molecule has 1 amide bonds. The van der Waals surface area contributed by atoms with Gasteiger partial charge in [-0.05, 0) is 27.8 Å². The van der Waals surface area contributed by atoms with Crippen molar-refractivity contribution in [1.82, 2.24) is 19.9 Å². The fraction of sp³-hybridized carbons (Fsp3) is 0.448. The minimum Gasteiger partial charge on any atom is -0.372 e. The molecule has 43 heavy (non-hydrogen) atoms. The SMILES string of the molecule is CC1CN(c2cc(F)c(-c3cnc(N4C[C@@H](C)O[C@@H](C)C4)nc3)c(F)c2NC(=O)c2c[nH]c(=O)cc2C(F)F)CCN1C. The van der Waals surface area contributed by atoms with E-state index in [9.17, 15) is 18.4 Å². The molecule has 4 heterocycles. The first-order chi connectivity index (χ1) is 20.4. The summed E-state index contributed by atoms with van der Waals surface area (Å²) in [7, 11) is 1.93. The lowest BCUT2D eigenvalue weighted by molar-refractivity contribution is -0.00572. The van der Waals surface area contributed by atoms with Gasteiger partial charge < -0.3 is 29.7 Å². The molecular formula is C29H33F4N7O3. The van der Waals surface area contributed by atoms with Gasteiger partial charge in [-0.25, -0.2) is 27.5 Å². The van der Waals surface area contributed by atoms with Crippen molar-refractivity contribution < 1.29 is 27.1 Å². The first-order valence-corrected chi connectivity index (χ1v) is 13.9. The summed E-state index contributed by atoms with van der Waals surface area (Å²) in [5, 5.41) is 2.39. The zero-order valence-electron chi connectivity index (χ0n) is 24.2. The number of anilines is 3. The number of amides is 1. The number of morpholine rings is 1. The molecule has 3 atom stereocenters. The van der Waals surface area contributed by atoms with E-state index in [1.165, 1.54) is 12.4 Å². The predicted molar refractivity (Wildman–Crippen MR) is 154 cm³/mol. The summed E-state index contributed by atoms with van der Waals surface area (Å²) in [5.74, 6) is -2.73. The number of halogens is 4. The lowest BCUT2D eigenvalue weighted by Crippen LogP contribution is -2.50. The van der Waals surface area contributed by atoms with Gasteiger partial charge in [0.2, 0.25) is 11.5 Å². The average molecular weight is 604 g/mol. The van der Waals surface area contributed by atoms with E-state index in [1.807, 2.05) is 32.7 Å². The number of hydrogen-bond acceptors (Lipinski definition) is 8. The highest BCUT2D eigenvalue weighted by molar-refractivity contribution is 6.07. The fourth-order valence-electron chi connectivity index (χ4n) is 5.51. The minimum absolute atomic E-state index is 0.0270. The number of rotatable bonds is 6. The number of carbonyl (C=O) groups is 1. The Balaban J connectivity index is 1.55. The lowest BCUT2D eigenvalue weighted by Gasteiger charge is -2.39. The van der Waals surface area contributed by atoms with Crippen LogP contribution < -0.4 is 20.7 Å². The number of ether oxygens (including phenoxy) is 1. The number of hydrogen-bond donors (Lipinski definition) is 2. The molecule has 2 aromatic heterocycles. The number of piperazine rings is 1. The van der Waals surface area contributed by atoms with Crippen molar-refractivity contribution in [1.29, 1.82) is 0 Å². The summed E-state index contributed by atoms with van der Waals surface area (Å²) in [5.41, 5.74) is -2.95. The number of pyridine rings is 1. The predicted octanol–water partition coefficient (Wildman–Crippen LogP) is 4.05. The number of aromatic nitrogens is 3. The highest BCUT2D eigenvalue weighted by atomic mass is 19.3. The lowest BCUT2D eigenvalue weighted by atomic mass is 10.0. The van der Waals surface area contributed by atoms with Gasteiger partial charge in [0.1, 0.15) is 11.5 Å². The topological polar surface area (TPSA) is 107 Å². The molecule has 0 aliphatic carbocycles. The molecule has 0 saturated carbocycles. The highest BCUT2D eigenvalue weighted by Crippen LogP contribution is 2.39. The van der Waals surface area contributed by atoms with E-state index >= 15 is 8.78 Å². The van der Waals surface area contributed by atoms with Gasteiger partial charge in [0.05, 0.1) is 29.0 Å². The standard InChI is InChI=1S/C29H33F4N7O3/c1-15-12-39(6-5-38(15)4)22-8-21(30)24(18-9-35-29(36-10-18)40-13-16(2)43-17(3)14-40)25(31)26(22)37-28(42)20-11-34-23(41)7-19(20)27(32)33/h7-11,15-17,27H,5-6,12-14H2,1-4H3,(H,34,41)(H,37,42)/t15?,16-,17+. The van der Waals surface area contributed by atoms with Crippen molar-refractivity contribution in [2.24, 2.45) is 0 Å². The summed E-state index contributed by atoms with van der Waals surface area (Å²) in [6.07, 6.45) is 0.210. The first kappa shape index (κ1) is 30.4. The maximum absolute atomic E-state index is 16.4. The van der Waals surface area contributed by atoms with Gasteiger partial charge in [-0.15, -0.1) is 0 Å². The van der Waals surface area contributed by atoms with Crippen LogP contribution in [0.1, 0.15) is 43.1 Å². The van der Waals surface area contributed by atoms with Crippen LogP contribution in [0.25, 0.3) is 11.1 Å². The molecule has 0 radical (unpaired) electrons. The molecule has 2 saturated heterocycles. The van der Waals surface area contributed by atoms with Crippen LogP contribution in [0.4, 0.5) is 34.9 Å². The number of likely N-dealkylation sites (N-methyl/N-ethyl adjacent to an activating group) is 1. The van der Waals surface area contributed by atoms with Gasteiger partial charge in [-0.2, -0.15) is 0 Å². The third-order valence-electron chi connectivity index (χ3n) is 7.80. The van der Waals surface area contributed by atoms with Crippen molar-refractivity contribution in [2.75, 3.05) is 54.9 Å². The third kappa shape index (κ3) is 6.34. The van der Waals surface area contributed by atoms with Crippen LogP contribution in [-0.2, 0) is 4.74 Å². The van der Waals surface area contributed by atoms with Crippen molar-refractivity contribution in [3.63, 3.8) is 0 Å². The maximum atomic E-state index is 16.4. The second kappa shape index (κ2) is 12.3. The maximum Gasteiger partial charge on any atom is 0.264 e. The summed E-state index contributed by atoms with van der Waals surface area (Å²) in [4.78, 5) is 41.5. The molecule has 0 bridgehead atoms. The number of H-pyrrole nitrogens is 1. The van der Waals surface area contributed by atoms with Crippen LogP contribution >= 0.6 is 0 Å². The average Bonchev–Trinajstić information content (AvgIpc) is 2.95. The molecule has 2 fully saturated rings. The number of nitrogens with zero attached hydrogens (tertiary/aromatic N) is 5. The van der Waals surface area contributed by atoms with Gasteiger partial charge in [0.15, 0.2) is 5.82 Å². The Morgan fingerprint density at radius 3 is 2.35 bits per heavy atom. The third-order valence-corrected chi connectivity index (χ3v) is 7.80. The second-order valence-corrected chi connectivity index (χ2v) is 11.1. The van der Waals surface area contributed by atoms with Gasteiger partial charge >= 0.3 is 0 Å². The van der Waals surface area contributed by atoms with Gasteiger partial charge in [0, 0.05) is 80.6 Å². The van der Waals surface area contributed by atoms with E-state index in [1.54, 1.807) is 4.90 Å². The molecular weight excluding hydrogens is 570 g/mol. The highest BCUT2D eigenvalue weighted by Gasteiger charge is 2.30. The Morgan fingerprint density at radius 1 is 1.05 bits per heavy atom. The molecule has 0 spiro atoms. The van der Waals surface area contributed by atoms with Crippen molar-refractivity contribution in [3.05, 3.63) is 63.8 Å². The van der Waals surface area contributed by atoms with E-state index in [2.05, 4.69) is 25.2 Å². The molecule has 14 heteroatoms. The monoisotopic (exact) mass is 603 g/mol. The van der Waals surface area contributed by atoms with Crippen LogP contribution in [0.5, 0.6) is 0 Å². The largest absolute Gasteiger partial charge is 0.372 e. The minimum atomic E-state index is -3.14. The first-order valence-electron chi connectivity index (χ1n) is 13.9. The van der Waals surface area contributed by atoms with Crippen LogP contribution in [0.2, 0.25) is 0 Å². The fourth-order valence-corrected chi connectivity index (χ4v) is 5.51. The Kier molecular flexibility index (Phi) is 8.69. The van der Waals surface area contributed by atoms with Crippen LogP contribution in [0.15, 0.2) is 35.5 Å². The molecule has 1 unspecified atom stereocenters. The molecule has 10 nitrogen and oxygen atoms in total. The summed E-state index contributed by atoms with van der Waals surface area (Å²) < 4.78 is 65.2. The Morgan fingerprint density at radius 2 is 1.72 bits per heavy atom. The molecule has 2 aliphatic rings. The number of alkyl halides is 2. The smallest absolute Gasteiger partial charge is 0.264 e. The quantitative estimate of drug-likeness (QED) is 0.407. The van der Waals surface area contributed by atoms with Gasteiger partial charge in [0.25, 0.3) is 12.3 Å². The molecule has 230 valence electrons. The van der Waals surface area contributed by atoms with Crippen molar-refractivity contribution >= 4 is 23.2 Å². The van der Waals surface area contributed by atoms with E-state index in [0.29, 0.717) is 44.7 Å². The summed E-state index contributed by atoms with van der Waals surface area (Å²) in [6, 6.07) is 1.76. The molecule has 3 aromatic rings. The van der Waals surface area contributed by atoms with E-state index < -0.39 is 46.2 Å². The number of aromatic amines is 1. The Bertz CT molecular complexity index is 1540. The van der Waals surface area contributed by atoms with E-state index in [0.717, 1.165) is 12.3 Å². The normalized spacial score (nSPS) is 21.4.